The number of aromatic nitrogens is 2. The number of hydrogen-bond donors (Lipinski definition) is 0. The van der Waals surface area contributed by atoms with Crippen molar-refractivity contribution >= 4 is 28.8 Å². The normalized spacial score (nSPS) is 12.5. The molecule has 4 aromatic rings. The first-order chi connectivity index (χ1) is 14.9. The highest BCUT2D eigenvalue weighted by Crippen LogP contribution is 2.36. The second-order valence-electron chi connectivity index (χ2n) is 8.61. The number of halogens is 1. The number of carbonyl (C=O) groups excluding carboxylic acids is 1. The fourth-order valence-electron chi connectivity index (χ4n) is 4.23. The molecule has 0 aliphatic heterocycles. The summed E-state index contributed by atoms with van der Waals surface area (Å²) >= 11 is 6.56. The van der Waals surface area contributed by atoms with Gasteiger partial charge in [-0.05, 0) is 60.6 Å². The van der Waals surface area contributed by atoms with E-state index in [0.29, 0.717) is 11.5 Å². The topological polar surface area (TPSA) is 34.9 Å². The van der Waals surface area contributed by atoms with E-state index in [1.165, 1.54) is 5.56 Å². The van der Waals surface area contributed by atoms with Crippen molar-refractivity contribution in [1.29, 1.82) is 0 Å². The zero-order chi connectivity index (χ0) is 22.1. The molecule has 0 N–H and O–H groups in total. The molecule has 0 amide bonds. The van der Waals surface area contributed by atoms with E-state index < -0.39 is 0 Å². The van der Waals surface area contributed by atoms with E-state index >= 15 is 0 Å². The van der Waals surface area contributed by atoms with E-state index in [2.05, 4.69) is 49.7 Å². The molecular weight excluding hydrogens is 404 g/mol. The molecule has 0 bridgehead atoms. The lowest BCUT2D eigenvalue weighted by Gasteiger charge is -2.22. The van der Waals surface area contributed by atoms with Crippen LogP contribution in [0.2, 0.25) is 5.02 Å². The largest absolute Gasteiger partial charge is 0.285 e. The van der Waals surface area contributed by atoms with Crippen LogP contribution in [0.5, 0.6) is 0 Å². The smallest absolute Gasteiger partial charge is 0.233 e. The van der Waals surface area contributed by atoms with Crippen molar-refractivity contribution in [1.82, 2.24) is 9.78 Å². The van der Waals surface area contributed by atoms with Crippen LogP contribution in [0, 0.1) is 19.8 Å². The number of hydrogen-bond acceptors (Lipinski definition) is 2. The Balaban J connectivity index is 1.82. The van der Waals surface area contributed by atoms with Gasteiger partial charge in [-0.1, -0.05) is 67.9 Å². The summed E-state index contributed by atoms with van der Waals surface area (Å²) in [7, 11) is 0. The second kappa shape index (κ2) is 8.68. The summed E-state index contributed by atoms with van der Waals surface area (Å²) in [6, 6.07) is 18.2. The van der Waals surface area contributed by atoms with Gasteiger partial charge in [0, 0.05) is 21.5 Å². The van der Waals surface area contributed by atoms with Gasteiger partial charge >= 0.3 is 0 Å². The Kier molecular flexibility index (Phi) is 5.97. The summed E-state index contributed by atoms with van der Waals surface area (Å²) in [5, 5.41) is 6.70. The molecule has 1 radical (unpaired) electrons. The van der Waals surface area contributed by atoms with Crippen LogP contribution in [0.3, 0.4) is 0 Å². The SMILES string of the molecule is Cc1ccc(-c2ccc3c(cnn3C(CC(C)C)c3ccc([C]=O)cc3)c2C)c(Cl)c1. The summed E-state index contributed by atoms with van der Waals surface area (Å²) in [5.74, 6) is 0.494. The molecule has 3 nitrogen and oxygen atoms in total. The Bertz CT molecular complexity index is 1240. The molecule has 1 atom stereocenters. The molecule has 0 saturated carbocycles. The molecule has 157 valence electrons. The lowest BCUT2D eigenvalue weighted by molar-refractivity contribution is 0.431. The van der Waals surface area contributed by atoms with Gasteiger partial charge in [-0.25, -0.2) is 0 Å². The van der Waals surface area contributed by atoms with Gasteiger partial charge in [0.05, 0.1) is 17.8 Å². The monoisotopic (exact) mass is 429 g/mol. The van der Waals surface area contributed by atoms with Gasteiger partial charge in [0.25, 0.3) is 0 Å². The maximum Gasteiger partial charge on any atom is 0.233 e. The maximum atomic E-state index is 10.9. The van der Waals surface area contributed by atoms with Crippen LogP contribution in [0.1, 0.15) is 48.6 Å². The standard InChI is InChI=1S/C27H26ClN2O/c1-17(2)13-27(21-8-6-20(16-31)7-9-21)30-26-12-11-22(19(4)24(26)15-29-30)23-10-5-18(3)14-25(23)28/h5-12,14-15,17,27H,13H2,1-4H3. The summed E-state index contributed by atoms with van der Waals surface area (Å²) in [4.78, 5) is 10.9. The van der Waals surface area contributed by atoms with Crippen LogP contribution in [-0.2, 0) is 4.79 Å². The quantitative estimate of drug-likeness (QED) is 0.328. The zero-order valence-corrected chi connectivity index (χ0v) is 19.1. The molecule has 4 heteroatoms. The third-order valence-electron chi connectivity index (χ3n) is 5.87. The van der Waals surface area contributed by atoms with Crippen molar-refractivity contribution < 1.29 is 4.79 Å². The van der Waals surface area contributed by atoms with Crippen LogP contribution in [-0.4, -0.2) is 16.1 Å². The van der Waals surface area contributed by atoms with Crippen LogP contribution in [0.4, 0.5) is 0 Å². The molecule has 3 aromatic carbocycles. The summed E-state index contributed by atoms with van der Waals surface area (Å²) < 4.78 is 2.11. The minimum Gasteiger partial charge on any atom is -0.285 e. The van der Waals surface area contributed by atoms with E-state index in [1.807, 2.05) is 49.7 Å². The number of benzene rings is 3. The maximum absolute atomic E-state index is 10.9. The molecule has 0 aliphatic carbocycles. The number of rotatable bonds is 6. The van der Waals surface area contributed by atoms with Gasteiger partial charge in [-0.3, -0.25) is 9.48 Å². The van der Waals surface area contributed by atoms with Crippen molar-refractivity contribution in [3.05, 3.63) is 88.1 Å². The van der Waals surface area contributed by atoms with Gasteiger partial charge in [0.15, 0.2) is 0 Å². The second-order valence-corrected chi connectivity index (χ2v) is 9.02. The van der Waals surface area contributed by atoms with Gasteiger partial charge in [-0.15, -0.1) is 0 Å². The van der Waals surface area contributed by atoms with E-state index in [9.17, 15) is 4.79 Å². The first kappa shape index (κ1) is 21.3. The summed E-state index contributed by atoms with van der Waals surface area (Å²) in [6.45, 7) is 8.61. The first-order valence-electron chi connectivity index (χ1n) is 10.6. The van der Waals surface area contributed by atoms with Crippen molar-refractivity contribution in [3.63, 3.8) is 0 Å². The molecule has 1 aromatic heterocycles. The zero-order valence-electron chi connectivity index (χ0n) is 18.3. The number of nitrogens with zero attached hydrogens (tertiary/aromatic N) is 2. The minimum atomic E-state index is 0.0893. The Hall–Kier alpha value is -2.91. The molecule has 1 unspecified atom stereocenters. The Morgan fingerprint density at radius 1 is 1.00 bits per heavy atom. The summed E-state index contributed by atoms with van der Waals surface area (Å²) in [6.07, 6.45) is 4.86. The molecule has 31 heavy (non-hydrogen) atoms. The molecule has 4 rings (SSSR count). The van der Waals surface area contributed by atoms with Crippen LogP contribution < -0.4 is 0 Å². The highest BCUT2D eigenvalue weighted by atomic mass is 35.5. The van der Waals surface area contributed by atoms with Crippen LogP contribution in [0.25, 0.3) is 22.0 Å². The summed E-state index contributed by atoms with van der Waals surface area (Å²) in [5.41, 5.74) is 7.29. The highest BCUT2D eigenvalue weighted by Gasteiger charge is 2.20. The first-order valence-corrected chi connectivity index (χ1v) is 11.0. The Labute approximate surface area is 188 Å². The van der Waals surface area contributed by atoms with Gasteiger partial charge < -0.3 is 0 Å². The molecular formula is C27H26ClN2O. The average molecular weight is 430 g/mol. The van der Waals surface area contributed by atoms with Crippen molar-refractivity contribution in [2.45, 2.75) is 40.2 Å². The highest BCUT2D eigenvalue weighted by molar-refractivity contribution is 6.33. The predicted molar refractivity (Wildman–Crippen MR) is 128 cm³/mol. The number of fused-ring (bicyclic) bond motifs is 1. The van der Waals surface area contributed by atoms with Crippen molar-refractivity contribution in [2.24, 2.45) is 5.92 Å². The lowest BCUT2D eigenvalue weighted by atomic mass is 9.95. The van der Waals surface area contributed by atoms with E-state index in [-0.39, 0.29) is 6.04 Å². The minimum absolute atomic E-state index is 0.0893. The lowest BCUT2D eigenvalue weighted by Crippen LogP contribution is -2.14. The molecule has 0 spiro atoms. The van der Waals surface area contributed by atoms with Gasteiger partial charge in [0.1, 0.15) is 0 Å². The van der Waals surface area contributed by atoms with Crippen molar-refractivity contribution in [2.75, 3.05) is 0 Å². The molecule has 1 heterocycles. The number of aryl methyl sites for hydroxylation is 2. The fraction of sp³-hybridized carbons (Fsp3) is 0.259. The van der Waals surface area contributed by atoms with Crippen molar-refractivity contribution in [3.8, 4) is 11.1 Å². The third-order valence-corrected chi connectivity index (χ3v) is 6.18. The van der Waals surface area contributed by atoms with E-state index in [0.717, 1.165) is 44.6 Å². The predicted octanol–water partition coefficient (Wildman–Crippen LogP) is 7.07. The van der Waals surface area contributed by atoms with Gasteiger partial charge in [0.2, 0.25) is 6.29 Å². The van der Waals surface area contributed by atoms with Gasteiger partial charge in [-0.2, -0.15) is 5.10 Å². The third kappa shape index (κ3) is 4.15. The van der Waals surface area contributed by atoms with E-state index in [1.54, 1.807) is 0 Å². The fourth-order valence-corrected chi connectivity index (χ4v) is 4.57. The van der Waals surface area contributed by atoms with E-state index in [4.69, 9.17) is 16.7 Å². The molecule has 0 saturated heterocycles. The Morgan fingerprint density at radius 2 is 1.71 bits per heavy atom. The average Bonchev–Trinajstić information content (AvgIpc) is 3.18. The van der Waals surface area contributed by atoms with Crippen LogP contribution >= 0.6 is 11.6 Å². The molecule has 0 aliphatic rings. The Morgan fingerprint density at radius 3 is 2.35 bits per heavy atom. The molecule has 0 fully saturated rings. The van der Waals surface area contributed by atoms with Crippen LogP contribution in [0.15, 0.2) is 60.8 Å².